The maximum Gasteiger partial charge on any atom is 0.222 e. The second-order valence-corrected chi connectivity index (χ2v) is 8.80. The molecule has 0 saturated carbocycles. The number of hydrogen-bond donors (Lipinski definition) is 1. The number of likely N-dealkylation sites (tertiary alicyclic amines) is 1. The molecule has 2 rings (SSSR count). The zero-order valence-electron chi connectivity index (χ0n) is 16.5. The molecule has 1 fully saturated rings. The van der Waals surface area contributed by atoms with Crippen molar-refractivity contribution in [2.24, 2.45) is 5.92 Å². The first-order valence-corrected chi connectivity index (χ1v) is 10.8. The van der Waals surface area contributed by atoms with Crippen LogP contribution in [0.15, 0.2) is 12.1 Å². The quantitative estimate of drug-likeness (QED) is 0.643. The number of thiophene rings is 1. The Labute approximate surface area is 162 Å². The van der Waals surface area contributed by atoms with E-state index in [9.17, 15) is 9.90 Å². The Morgan fingerprint density at radius 3 is 2.88 bits per heavy atom. The molecular formula is C22H33NO2S. The smallest absolute Gasteiger partial charge is 0.222 e. The zero-order valence-corrected chi connectivity index (χ0v) is 17.3. The molecule has 1 N–H and O–H groups in total. The summed E-state index contributed by atoms with van der Waals surface area (Å²) >= 11 is 1.85. The van der Waals surface area contributed by atoms with Crippen molar-refractivity contribution < 1.29 is 9.90 Å². The van der Waals surface area contributed by atoms with E-state index in [0.29, 0.717) is 12.5 Å². The van der Waals surface area contributed by atoms with E-state index in [0.717, 1.165) is 51.5 Å². The van der Waals surface area contributed by atoms with Crippen LogP contribution in [0.3, 0.4) is 0 Å². The highest BCUT2D eigenvalue weighted by Crippen LogP contribution is 2.26. The third-order valence-electron chi connectivity index (χ3n) is 5.25. The van der Waals surface area contributed by atoms with Gasteiger partial charge in [-0.05, 0) is 57.1 Å². The summed E-state index contributed by atoms with van der Waals surface area (Å²) in [6.45, 7) is 7.08. The molecule has 1 aromatic rings. The second kappa shape index (κ2) is 10.7. The van der Waals surface area contributed by atoms with Crippen molar-refractivity contribution in [3.05, 3.63) is 21.9 Å². The summed E-state index contributed by atoms with van der Waals surface area (Å²) in [6, 6.07) is 4.66. The molecular weight excluding hydrogens is 342 g/mol. The van der Waals surface area contributed by atoms with Crippen molar-refractivity contribution in [2.75, 3.05) is 6.54 Å². The lowest BCUT2D eigenvalue weighted by molar-refractivity contribution is -0.129. The normalized spacial score (nSPS) is 19.3. The van der Waals surface area contributed by atoms with Crippen LogP contribution < -0.4 is 0 Å². The Kier molecular flexibility index (Phi) is 8.68. The van der Waals surface area contributed by atoms with Crippen molar-refractivity contribution in [3.63, 3.8) is 0 Å². The first-order chi connectivity index (χ1) is 12.5. The molecule has 0 radical (unpaired) electrons. The molecule has 1 aromatic heterocycles. The van der Waals surface area contributed by atoms with E-state index in [2.05, 4.69) is 42.7 Å². The van der Waals surface area contributed by atoms with Gasteiger partial charge in [0.15, 0.2) is 0 Å². The van der Waals surface area contributed by atoms with Gasteiger partial charge in [0.1, 0.15) is 0 Å². The van der Waals surface area contributed by atoms with Crippen LogP contribution >= 0.6 is 11.3 Å². The van der Waals surface area contributed by atoms with Crippen LogP contribution in [0.2, 0.25) is 0 Å². The molecule has 1 aliphatic rings. The van der Waals surface area contributed by atoms with Gasteiger partial charge in [0.25, 0.3) is 0 Å². The lowest BCUT2D eigenvalue weighted by Gasteiger charge is -2.26. The van der Waals surface area contributed by atoms with Crippen LogP contribution in [0.4, 0.5) is 0 Å². The Hall–Kier alpha value is -1.31. The van der Waals surface area contributed by atoms with Crippen molar-refractivity contribution in [2.45, 2.75) is 84.3 Å². The van der Waals surface area contributed by atoms with E-state index in [1.54, 1.807) is 0 Å². The molecule has 0 spiro atoms. The summed E-state index contributed by atoms with van der Waals surface area (Å²) in [5, 5.41) is 10.4. The summed E-state index contributed by atoms with van der Waals surface area (Å²) in [7, 11) is 0. The minimum Gasteiger partial charge on any atom is -0.393 e. The fraction of sp³-hybridized carbons (Fsp3) is 0.682. The van der Waals surface area contributed by atoms with Gasteiger partial charge in [0.05, 0.1) is 6.10 Å². The van der Waals surface area contributed by atoms with Gasteiger partial charge in [0, 0.05) is 41.6 Å². The van der Waals surface area contributed by atoms with Crippen LogP contribution in [0.1, 0.15) is 68.5 Å². The molecule has 3 atom stereocenters. The van der Waals surface area contributed by atoms with Crippen LogP contribution in [-0.4, -0.2) is 34.6 Å². The maximum atomic E-state index is 12.2. The fourth-order valence-corrected chi connectivity index (χ4v) is 4.52. The number of aliphatic hydroxyl groups is 1. The molecule has 1 saturated heterocycles. The Morgan fingerprint density at radius 2 is 2.19 bits per heavy atom. The first kappa shape index (κ1) is 21.0. The maximum absolute atomic E-state index is 12.2. The van der Waals surface area contributed by atoms with Gasteiger partial charge in [-0.2, -0.15) is 0 Å². The molecule has 4 heteroatoms. The number of hydrogen-bond acceptors (Lipinski definition) is 3. The van der Waals surface area contributed by atoms with Crippen molar-refractivity contribution in [1.29, 1.82) is 0 Å². The van der Waals surface area contributed by atoms with E-state index in [-0.39, 0.29) is 17.9 Å². The standard InChI is InChI=1S/C22H33NO2S/c1-4-5-6-8-17(2)21(24)14-11-19-12-15-22(25)23(19)16-7-9-20-13-10-18(3)26-20/h10,13,17,19,21,24H,4,7-9,11-12,14-16H2,1-3H3/t17-,19-,21+/m0/s1. The number of carbonyl (C=O) groups excluding carboxylic acids is 1. The lowest BCUT2D eigenvalue weighted by atomic mass is 9.95. The van der Waals surface area contributed by atoms with Gasteiger partial charge in [-0.3, -0.25) is 4.79 Å². The molecule has 3 nitrogen and oxygen atoms in total. The van der Waals surface area contributed by atoms with Gasteiger partial charge >= 0.3 is 0 Å². The number of aryl methyl sites for hydroxylation is 2. The number of amides is 1. The molecule has 144 valence electrons. The predicted molar refractivity (Wildman–Crippen MR) is 109 cm³/mol. The number of carbonyl (C=O) groups is 1. The van der Waals surface area contributed by atoms with Crippen LogP contribution in [-0.2, 0) is 11.2 Å². The number of rotatable bonds is 9. The highest BCUT2D eigenvalue weighted by atomic mass is 32.1. The van der Waals surface area contributed by atoms with Gasteiger partial charge in [-0.15, -0.1) is 23.2 Å². The summed E-state index contributed by atoms with van der Waals surface area (Å²) < 4.78 is 0. The molecule has 0 aliphatic carbocycles. The summed E-state index contributed by atoms with van der Waals surface area (Å²) in [5.74, 6) is 6.68. The van der Waals surface area contributed by atoms with Gasteiger partial charge in [-0.1, -0.05) is 13.8 Å². The van der Waals surface area contributed by atoms with E-state index in [1.165, 1.54) is 9.75 Å². The predicted octanol–water partition coefficient (Wildman–Crippen LogP) is 4.56. The Morgan fingerprint density at radius 1 is 1.38 bits per heavy atom. The minimum atomic E-state index is -0.326. The first-order valence-electron chi connectivity index (χ1n) is 9.99. The average Bonchev–Trinajstić information content (AvgIpc) is 3.19. The highest BCUT2D eigenvalue weighted by Gasteiger charge is 2.30. The van der Waals surface area contributed by atoms with E-state index < -0.39 is 0 Å². The van der Waals surface area contributed by atoms with Gasteiger partial charge in [-0.25, -0.2) is 0 Å². The zero-order chi connectivity index (χ0) is 18.9. The lowest BCUT2D eigenvalue weighted by Crippen LogP contribution is -2.35. The topological polar surface area (TPSA) is 40.5 Å². The molecule has 0 aromatic carbocycles. The molecule has 0 bridgehead atoms. The molecule has 26 heavy (non-hydrogen) atoms. The Balaban J connectivity index is 1.75. The number of aliphatic hydroxyl groups excluding tert-OH is 1. The van der Waals surface area contributed by atoms with E-state index in [1.807, 2.05) is 18.3 Å². The molecule has 0 unspecified atom stereocenters. The number of nitrogens with zero attached hydrogens (tertiary/aromatic N) is 1. The van der Waals surface area contributed by atoms with Crippen molar-refractivity contribution in [1.82, 2.24) is 4.90 Å². The van der Waals surface area contributed by atoms with E-state index in [4.69, 9.17) is 0 Å². The van der Waals surface area contributed by atoms with E-state index >= 15 is 0 Å². The Bertz CT molecular complexity index is 628. The van der Waals surface area contributed by atoms with Gasteiger partial charge in [0.2, 0.25) is 5.91 Å². The molecule has 1 aliphatic heterocycles. The second-order valence-electron chi connectivity index (χ2n) is 7.43. The average molecular weight is 376 g/mol. The molecule has 2 heterocycles. The third-order valence-corrected chi connectivity index (χ3v) is 6.31. The largest absolute Gasteiger partial charge is 0.393 e. The van der Waals surface area contributed by atoms with Crippen LogP contribution in [0, 0.1) is 24.7 Å². The third kappa shape index (κ3) is 6.45. The monoisotopic (exact) mass is 375 g/mol. The van der Waals surface area contributed by atoms with Crippen LogP contribution in [0.25, 0.3) is 0 Å². The van der Waals surface area contributed by atoms with Crippen LogP contribution in [0.5, 0.6) is 0 Å². The molecule has 1 amide bonds. The summed E-state index contributed by atoms with van der Waals surface area (Å²) in [6.07, 6.45) is 6.62. The van der Waals surface area contributed by atoms with Gasteiger partial charge < -0.3 is 10.0 Å². The summed E-state index contributed by atoms with van der Waals surface area (Å²) in [4.78, 5) is 17.1. The fourth-order valence-electron chi connectivity index (χ4n) is 3.59. The SMILES string of the molecule is CCC#CC[C@H](C)[C@H](O)CC[C@H]1CCC(=O)N1CCCc1ccc(C)s1. The highest BCUT2D eigenvalue weighted by molar-refractivity contribution is 7.11. The van der Waals surface area contributed by atoms with Crippen molar-refractivity contribution >= 4 is 17.2 Å². The van der Waals surface area contributed by atoms with Crippen molar-refractivity contribution in [3.8, 4) is 11.8 Å². The summed E-state index contributed by atoms with van der Waals surface area (Å²) in [5.41, 5.74) is 0. The minimum absolute atomic E-state index is 0.196.